The van der Waals surface area contributed by atoms with Crippen LogP contribution in [0.3, 0.4) is 0 Å². The lowest BCUT2D eigenvalue weighted by molar-refractivity contribution is -0.143. The molecule has 0 aromatic rings. The van der Waals surface area contributed by atoms with Crippen molar-refractivity contribution in [1.82, 2.24) is 10.6 Å². The molecule has 0 aromatic carbocycles. The van der Waals surface area contributed by atoms with Crippen LogP contribution in [0.25, 0.3) is 0 Å². The topological polar surface area (TPSA) is 142 Å². The Kier molecular flexibility index (Phi) is 8.92. The zero-order valence-electron chi connectivity index (χ0n) is 10.6. The van der Waals surface area contributed by atoms with Crippen molar-refractivity contribution in [2.24, 2.45) is 5.73 Å². The monoisotopic (exact) mass is 293 g/mol. The van der Waals surface area contributed by atoms with E-state index in [4.69, 9.17) is 15.9 Å². The molecule has 8 nitrogen and oxygen atoms in total. The minimum absolute atomic E-state index is 0.259. The summed E-state index contributed by atoms with van der Waals surface area (Å²) >= 11 is 1.48. The second-order valence-electron chi connectivity index (χ2n) is 3.69. The van der Waals surface area contributed by atoms with Crippen molar-refractivity contribution in [2.75, 3.05) is 25.2 Å². The van der Waals surface area contributed by atoms with Crippen LogP contribution in [0, 0.1) is 0 Å². The van der Waals surface area contributed by atoms with Crippen molar-refractivity contribution < 1.29 is 24.6 Å². The number of carbonyl (C=O) groups excluding carboxylic acids is 2. The summed E-state index contributed by atoms with van der Waals surface area (Å²) in [5.74, 6) is -1.89. The first-order chi connectivity index (χ1) is 8.96. The lowest BCUT2D eigenvalue weighted by Gasteiger charge is -2.20. The number of hydrogen-bond acceptors (Lipinski definition) is 6. The van der Waals surface area contributed by atoms with E-state index >= 15 is 0 Å². The molecule has 110 valence electrons. The van der Waals surface area contributed by atoms with Crippen molar-refractivity contribution in [3.05, 3.63) is 0 Å². The van der Waals surface area contributed by atoms with Gasteiger partial charge in [-0.25, -0.2) is 4.79 Å². The van der Waals surface area contributed by atoms with Gasteiger partial charge in [-0.15, -0.1) is 0 Å². The van der Waals surface area contributed by atoms with Gasteiger partial charge in [0.05, 0.1) is 13.2 Å². The third kappa shape index (κ3) is 6.99. The zero-order chi connectivity index (χ0) is 14.8. The standard InChI is InChI=1S/C10H19N3O5S/c1-19-3-2-6(12-8(15)4-11)9(16)13-7(5-14)10(17)18/h6-7,14H,2-5,11H2,1H3,(H,12,15)(H,13,16)(H,17,18)/t6-,7-/m0/s1. The van der Waals surface area contributed by atoms with Gasteiger partial charge in [-0.2, -0.15) is 11.8 Å². The van der Waals surface area contributed by atoms with Crippen LogP contribution in [0.1, 0.15) is 6.42 Å². The van der Waals surface area contributed by atoms with E-state index in [0.717, 1.165) is 0 Å². The number of nitrogens with two attached hydrogens (primary N) is 1. The molecule has 2 amide bonds. The van der Waals surface area contributed by atoms with Gasteiger partial charge < -0.3 is 26.6 Å². The molecule has 0 fully saturated rings. The average Bonchev–Trinajstić information content (AvgIpc) is 2.39. The van der Waals surface area contributed by atoms with E-state index in [1.807, 2.05) is 6.26 Å². The number of carboxylic acids is 1. The Hall–Kier alpha value is -1.32. The van der Waals surface area contributed by atoms with Crippen molar-refractivity contribution in [1.29, 1.82) is 0 Å². The lowest BCUT2D eigenvalue weighted by Crippen LogP contribution is -2.53. The maximum Gasteiger partial charge on any atom is 0.328 e. The molecule has 9 heteroatoms. The van der Waals surface area contributed by atoms with Gasteiger partial charge in [0, 0.05) is 0 Å². The molecule has 0 aliphatic carbocycles. The highest BCUT2D eigenvalue weighted by Crippen LogP contribution is 2.01. The molecule has 0 unspecified atom stereocenters. The molecule has 0 aliphatic heterocycles. The smallest absolute Gasteiger partial charge is 0.328 e. The number of aliphatic hydroxyl groups excluding tert-OH is 1. The highest BCUT2D eigenvalue weighted by Gasteiger charge is 2.25. The van der Waals surface area contributed by atoms with E-state index in [-0.39, 0.29) is 6.54 Å². The summed E-state index contributed by atoms with van der Waals surface area (Å²) in [6.07, 6.45) is 2.18. The molecular weight excluding hydrogens is 274 g/mol. The molecule has 2 atom stereocenters. The SMILES string of the molecule is CSCC[C@H](NC(=O)CN)C(=O)N[C@@H](CO)C(=O)O. The van der Waals surface area contributed by atoms with Crippen LogP contribution >= 0.6 is 11.8 Å². The summed E-state index contributed by atoms with van der Waals surface area (Å²) in [7, 11) is 0. The zero-order valence-corrected chi connectivity index (χ0v) is 11.4. The summed E-state index contributed by atoms with van der Waals surface area (Å²) in [5.41, 5.74) is 5.14. The van der Waals surface area contributed by atoms with Crippen LogP contribution < -0.4 is 16.4 Å². The Balaban J connectivity index is 4.59. The second-order valence-corrected chi connectivity index (χ2v) is 4.67. The van der Waals surface area contributed by atoms with E-state index in [1.165, 1.54) is 11.8 Å². The molecule has 0 aliphatic rings. The number of thioether (sulfide) groups is 1. The number of rotatable bonds is 9. The molecule has 0 saturated heterocycles. The number of aliphatic carboxylic acids is 1. The van der Waals surface area contributed by atoms with Gasteiger partial charge in [-0.05, 0) is 18.4 Å². The largest absolute Gasteiger partial charge is 0.480 e. The van der Waals surface area contributed by atoms with Crippen LogP contribution in [0.4, 0.5) is 0 Å². The maximum absolute atomic E-state index is 11.8. The fourth-order valence-corrected chi connectivity index (χ4v) is 1.69. The third-order valence-electron chi connectivity index (χ3n) is 2.24. The molecule has 6 N–H and O–H groups in total. The van der Waals surface area contributed by atoms with Gasteiger partial charge in [0.25, 0.3) is 0 Å². The lowest BCUT2D eigenvalue weighted by atomic mass is 10.2. The summed E-state index contributed by atoms with van der Waals surface area (Å²) < 4.78 is 0. The van der Waals surface area contributed by atoms with Gasteiger partial charge >= 0.3 is 5.97 Å². The predicted molar refractivity (Wildman–Crippen MR) is 70.6 cm³/mol. The van der Waals surface area contributed by atoms with Crippen molar-refractivity contribution in [3.8, 4) is 0 Å². The first kappa shape index (κ1) is 17.7. The number of carbonyl (C=O) groups is 3. The van der Waals surface area contributed by atoms with Gasteiger partial charge in [0.2, 0.25) is 11.8 Å². The first-order valence-corrected chi connectivity index (χ1v) is 6.98. The Morgan fingerprint density at radius 2 is 1.89 bits per heavy atom. The molecule has 0 saturated carbocycles. The minimum atomic E-state index is -1.39. The van der Waals surface area contributed by atoms with Gasteiger partial charge in [-0.1, -0.05) is 0 Å². The Morgan fingerprint density at radius 1 is 1.26 bits per heavy atom. The fourth-order valence-electron chi connectivity index (χ4n) is 1.22. The van der Waals surface area contributed by atoms with E-state index in [9.17, 15) is 14.4 Å². The number of aliphatic hydroxyl groups is 1. The van der Waals surface area contributed by atoms with Crippen molar-refractivity contribution in [3.63, 3.8) is 0 Å². The Labute approximate surface area is 115 Å². The van der Waals surface area contributed by atoms with Crippen molar-refractivity contribution in [2.45, 2.75) is 18.5 Å². The highest BCUT2D eigenvalue weighted by molar-refractivity contribution is 7.98. The van der Waals surface area contributed by atoms with E-state index in [0.29, 0.717) is 12.2 Å². The molecule has 0 aromatic heterocycles. The Morgan fingerprint density at radius 3 is 2.32 bits per heavy atom. The molecule has 0 spiro atoms. The van der Waals surface area contributed by atoms with Crippen LogP contribution in [0.15, 0.2) is 0 Å². The highest BCUT2D eigenvalue weighted by atomic mass is 32.2. The second kappa shape index (κ2) is 9.59. The van der Waals surface area contributed by atoms with Crippen molar-refractivity contribution >= 4 is 29.5 Å². The molecule has 19 heavy (non-hydrogen) atoms. The van der Waals surface area contributed by atoms with E-state index < -0.39 is 36.5 Å². The normalized spacial score (nSPS) is 13.4. The summed E-state index contributed by atoms with van der Waals surface area (Å²) in [6, 6.07) is -2.25. The molecule has 0 radical (unpaired) electrons. The minimum Gasteiger partial charge on any atom is -0.480 e. The van der Waals surface area contributed by atoms with Crippen LogP contribution in [-0.2, 0) is 14.4 Å². The van der Waals surface area contributed by atoms with Crippen LogP contribution in [-0.4, -0.2) is 65.2 Å². The maximum atomic E-state index is 11.8. The summed E-state index contributed by atoms with van der Waals surface area (Å²) in [5, 5.41) is 22.1. The molecule has 0 bridgehead atoms. The molecule has 0 heterocycles. The number of carboxylic acid groups (broad SMARTS) is 1. The average molecular weight is 293 g/mol. The van der Waals surface area contributed by atoms with Gasteiger partial charge in [0.1, 0.15) is 12.1 Å². The molecular formula is C10H19N3O5S. The van der Waals surface area contributed by atoms with Crippen LogP contribution in [0.2, 0.25) is 0 Å². The number of amides is 2. The number of hydrogen-bond donors (Lipinski definition) is 5. The Bertz CT molecular complexity index is 326. The van der Waals surface area contributed by atoms with E-state index in [2.05, 4.69) is 10.6 Å². The first-order valence-electron chi connectivity index (χ1n) is 5.58. The quantitative estimate of drug-likeness (QED) is 0.323. The van der Waals surface area contributed by atoms with Gasteiger partial charge in [0.15, 0.2) is 0 Å². The van der Waals surface area contributed by atoms with Crippen LogP contribution in [0.5, 0.6) is 0 Å². The molecule has 0 rings (SSSR count). The summed E-state index contributed by atoms with van der Waals surface area (Å²) in [4.78, 5) is 33.7. The third-order valence-corrected chi connectivity index (χ3v) is 2.89. The fraction of sp³-hybridized carbons (Fsp3) is 0.700. The van der Waals surface area contributed by atoms with E-state index in [1.54, 1.807) is 0 Å². The predicted octanol–water partition coefficient (Wildman–Crippen LogP) is -2.26. The summed E-state index contributed by atoms with van der Waals surface area (Å²) in [6.45, 7) is -0.980. The van der Waals surface area contributed by atoms with Gasteiger partial charge in [-0.3, -0.25) is 9.59 Å². The number of nitrogens with one attached hydrogen (secondary N) is 2.